The molecule has 0 saturated carbocycles. The molecule has 1 aromatic heterocycles. The van der Waals surface area contributed by atoms with Gasteiger partial charge in [0.05, 0.1) is 12.6 Å². The molecule has 21 heavy (non-hydrogen) atoms. The van der Waals surface area contributed by atoms with Crippen molar-refractivity contribution >= 4 is 22.7 Å². The topological polar surface area (TPSA) is 74.7 Å². The van der Waals surface area contributed by atoms with E-state index in [2.05, 4.69) is 10.3 Å². The molecule has 2 aromatic rings. The Kier molecular flexibility index (Phi) is 3.51. The molecule has 1 aliphatic rings. The standard InChI is InChI=1S/C15H17N3O3/c1-21-14-4-6-16-13-8-10(2-3-12(13)14)17-11-5-7-18(9-11)15(19)20/h2-4,6,8,11,17H,5,7,9H2,1H3,(H,19,20)/t11-/m1/s1. The van der Waals surface area contributed by atoms with Crippen molar-refractivity contribution in [2.24, 2.45) is 0 Å². The number of aromatic nitrogens is 1. The van der Waals surface area contributed by atoms with Gasteiger partial charge in [-0.25, -0.2) is 4.79 Å². The smallest absolute Gasteiger partial charge is 0.407 e. The number of anilines is 1. The Morgan fingerprint density at radius 2 is 2.33 bits per heavy atom. The maximum absolute atomic E-state index is 10.9. The zero-order valence-electron chi connectivity index (χ0n) is 11.7. The predicted octanol–water partition coefficient (Wildman–Crippen LogP) is 2.41. The summed E-state index contributed by atoms with van der Waals surface area (Å²) < 4.78 is 5.31. The van der Waals surface area contributed by atoms with Crippen molar-refractivity contribution in [2.45, 2.75) is 12.5 Å². The van der Waals surface area contributed by atoms with E-state index in [1.807, 2.05) is 24.3 Å². The molecule has 2 N–H and O–H groups in total. The second kappa shape index (κ2) is 5.47. The number of nitrogens with one attached hydrogen (secondary N) is 1. The maximum atomic E-state index is 10.9. The molecule has 0 bridgehead atoms. The third-order valence-corrected chi connectivity index (χ3v) is 3.75. The van der Waals surface area contributed by atoms with Gasteiger partial charge in [0.1, 0.15) is 5.75 Å². The van der Waals surface area contributed by atoms with Crippen LogP contribution in [0, 0.1) is 0 Å². The van der Waals surface area contributed by atoms with E-state index in [1.165, 1.54) is 4.90 Å². The highest BCUT2D eigenvalue weighted by Gasteiger charge is 2.25. The van der Waals surface area contributed by atoms with E-state index >= 15 is 0 Å². The van der Waals surface area contributed by atoms with Crippen LogP contribution in [0.25, 0.3) is 10.9 Å². The number of amides is 1. The second-order valence-electron chi connectivity index (χ2n) is 5.10. The van der Waals surface area contributed by atoms with Gasteiger partial charge in [-0.2, -0.15) is 0 Å². The Labute approximate surface area is 122 Å². The molecule has 1 atom stereocenters. The number of ether oxygens (including phenoxy) is 1. The van der Waals surface area contributed by atoms with Crippen LogP contribution in [0.5, 0.6) is 5.75 Å². The van der Waals surface area contributed by atoms with Crippen LogP contribution in [0.15, 0.2) is 30.5 Å². The number of fused-ring (bicyclic) bond motifs is 1. The fourth-order valence-corrected chi connectivity index (χ4v) is 2.68. The van der Waals surface area contributed by atoms with E-state index in [1.54, 1.807) is 13.3 Å². The Hall–Kier alpha value is -2.50. The molecule has 3 rings (SSSR count). The highest BCUT2D eigenvalue weighted by atomic mass is 16.5. The molecule has 110 valence electrons. The summed E-state index contributed by atoms with van der Waals surface area (Å²) in [6, 6.07) is 7.87. The van der Waals surface area contributed by atoms with Crippen molar-refractivity contribution in [1.82, 2.24) is 9.88 Å². The molecule has 1 saturated heterocycles. The number of carbonyl (C=O) groups is 1. The Bertz CT molecular complexity index is 674. The fourth-order valence-electron chi connectivity index (χ4n) is 2.68. The summed E-state index contributed by atoms with van der Waals surface area (Å²) in [5.41, 5.74) is 1.80. The summed E-state index contributed by atoms with van der Waals surface area (Å²) in [6.45, 7) is 1.09. The van der Waals surface area contributed by atoms with E-state index < -0.39 is 6.09 Å². The van der Waals surface area contributed by atoms with Gasteiger partial charge in [0, 0.05) is 36.4 Å². The second-order valence-corrected chi connectivity index (χ2v) is 5.10. The lowest BCUT2D eigenvalue weighted by atomic mass is 10.1. The van der Waals surface area contributed by atoms with Crippen molar-refractivity contribution in [3.63, 3.8) is 0 Å². The highest BCUT2D eigenvalue weighted by Crippen LogP contribution is 2.26. The minimum absolute atomic E-state index is 0.143. The highest BCUT2D eigenvalue weighted by molar-refractivity contribution is 5.87. The third kappa shape index (κ3) is 2.69. The normalized spacial score (nSPS) is 18.0. The SMILES string of the molecule is COc1ccnc2cc(N[C@@H]3CCN(C(=O)O)C3)ccc12. The van der Waals surface area contributed by atoms with Crippen LogP contribution in [0.3, 0.4) is 0 Å². The zero-order chi connectivity index (χ0) is 14.8. The number of pyridine rings is 1. The number of likely N-dealkylation sites (tertiary alicyclic amines) is 1. The van der Waals surface area contributed by atoms with E-state index in [0.29, 0.717) is 13.1 Å². The first-order valence-corrected chi connectivity index (χ1v) is 6.84. The van der Waals surface area contributed by atoms with Crippen LogP contribution in [-0.2, 0) is 0 Å². The van der Waals surface area contributed by atoms with Crippen LogP contribution in [-0.4, -0.2) is 47.3 Å². The zero-order valence-corrected chi connectivity index (χ0v) is 11.7. The van der Waals surface area contributed by atoms with E-state index in [9.17, 15) is 4.79 Å². The number of benzene rings is 1. The van der Waals surface area contributed by atoms with Crippen molar-refractivity contribution < 1.29 is 14.6 Å². The molecule has 1 aromatic carbocycles. The van der Waals surface area contributed by atoms with E-state index in [0.717, 1.165) is 28.8 Å². The first-order chi connectivity index (χ1) is 10.2. The minimum Gasteiger partial charge on any atom is -0.496 e. The average molecular weight is 287 g/mol. The number of hydrogen-bond acceptors (Lipinski definition) is 4. The molecule has 0 radical (unpaired) electrons. The lowest BCUT2D eigenvalue weighted by Crippen LogP contribution is -2.30. The largest absolute Gasteiger partial charge is 0.496 e. The molecule has 1 aliphatic heterocycles. The van der Waals surface area contributed by atoms with Gasteiger partial charge in [0.2, 0.25) is 0 Å². The Balaban J connectivity index is 1.78. The van der Waals surface area contributed by atoms with Crippen molar-refractivity contribution in [1.29, 1.82) is 0 Å². The van der Waals surface area contributed by atoms with Crippen molar-refractivity contribution in [3.05, 3.63) is 30.5 Å². The van der Waals surface area contributed by atoms with Crippen LogP contribution in [0.4, 0.5) is 10.5 Å². The van der Waals surface area contributed by atoms with E-state index in [-0.39, 0.29) is 6.04 Å². The first-order valence-electron chi connectivity index (χ1n) is 6.84. The van der Waals surface area contributed by atoms with Crippen LogP contribution >= 0.6 is 0 Å². The lowest BCUT2D eigenvalue weighted by molar-refractivity contribution is 0.155. The van der Waals surface area contributed by atoms with Gasteiger partial charge in [-0.3, -0.25) is 4.98 Å². The van der Waals surface area contributed by atoms with Crippen LogP contribution in [0.1, 0.15) is 6.42 Å². The fraction of sp³-hybridized carbons (Fsp3) is 0.333. The lowest BCUT2D eigenvalue weighted by Gasteiger charge is -2.15. The van der Waals surface area contributed by atoms with E-state index in [4.69, 9.17) is 9.84 Å². The summed E-state index contributed by atoms with van der Waals surface area (Å²) in [6.07, 6.45) is 1.67. The molecule has 1 fully saturated rings. The van der Waals surface area contributed by atoms with Gasteiger partial charge < -0.3 is 20.1 Å². The van der Waals surface area contributed by atoms with Crippen LogP contribution in [0.2, 0.25) is 0 Å². The molecular weight excluding hydrogens is 270 g/mol. The molecule has 0 aliphatic carbocycles. The van der Waals surface area contributed by atoms with Crippen molar-refractivity contribution in [3.8, 4) is 5.75 Å². The molecule has 0 spiro atoms. The maximum Gasteiger partial charge on any atom is 0.407 e. The molecular formula is C15H17N3O3. The summed E-state index contributed by atoms with van der Waals surface area (Å²) in [5.74, 6) is 0.796. The van der Waals surface area contributed by atoms with Gasteiger partial charge in [-0.05, 0) is 30.7 Å². The summed E-state index contributed by atoms with van der Waals surface area (Å²) in [5, 5.41) is 13.3. The number of nitrogens with zero attached hydrogens (tertiary/aromatic N) is 2. The molecule has 0 unspecified atom stereocenters. The minimum atomic E-state index is -0.857. The average Bonchev–Trinajstić information content (AvgIpc) is 2.95. The Morgan fingerprint density at radius 3 is 3.05 bits per heavy atom. The predicted molar refractivity (Wildman–Crippen MR) is 79.9 cm³/mol. The molecule has 6 heteroatoms. The number of rotatable bonds is 3. The quantitative estimate of drug-likeness (QED) is 0.906. The van der Waals surface area contributed by atoms with Crippen molar-refractivity contribution in [2.75, 3.05) is 25.5 Å². The summed E-state index contributed by atoms with van der Waals surface area (Å²) in [7, 11) is 1.64. The monoisotopic (exact) mass is 287 g/mol. The summed E-state index contributed by atoms with van der Waals surface area (Å²) >= 11 is 0. The van der Waals surface area contributed by atoms with Gasteiger partial charge in [0.15, 0.2) is 0 Å². The number of carboxylic acid groups (broad SMARTS) is 1. The summed E-state index contributed by atoms with van der Waals surface area (Å²) in [4.78, 5) is 16.7. The van der Waals surface area contributed by atoms with Gasteiger partial charge in [0.25, 0.3) is 0 Å². The molecule has 6 nitrogen and oxygen atoms in total. The molecule has 2 heterocycles. The van der Waals surface area contributed by atoms with Crippen LogP contribution < -0.4 is 10.1 Å². The third-order valence-electron chi connectivity index (χ3n) is 3.75. The van der Waals surface area contributed by atoms with Gasteiger partial charge in [-0.15, -0.1) is 0 Å². The Morgan fingerprint density at radius 1 is 1.48 bits per heavy atom. The first kappa shape index (κ1) is 13.5. The van der Waals surface area contributed by atoms with Gasteiger partial charge >= 0.3 is 6.09 Å². The molecule has 1 amide bonds. The number of hydrogen-bond donors (Lipinski definition) is 2. The van der Waals surface area contributed by atoms with Gasteiger partial charge in [-0.1, -0.05) is 0 Å². The number of methoxy groups -OCH3 is 1.